The molecule has 0 aliphatic rings. The summed E-state index contributed by atoms with van der Waals surface area (Å²) in [6.45, 7) is 0.420. The van der Waals surface area contributed by atoms with Crippen LogP contribution in [0.3, 0.4) is 0 Å². The van der Waals surface area contributed by atoms with Gasteiger partial charge in [0.1, 0.15) is 23.1 Å². The number of hydrogen-bond donors (Lipinski definition) is 1. The summed E-state index contributed by atoms with van der Waals surface area (Å²) in [5, 5.41) is 0. The molecule has 0 aromatic heterocycles. The zero-order chi connectivity index (χ0) is 14.5. The van der Waals surface area contributed by atoms with Crippen molar-refractivity contribution in [2.24, 2.45) is 5.73 Å². The highest BCUT2D eigenvalue weighted by atomic mass is 79.9. The Morgan fingerprint density at radius 3 is 2.70 bits per heavy atom. The third kappa shape index (κ3) is 3.49. The topological polar surface area (TPSA) is 44.5 Å². The third-order valence-electron chi connectivity index (χ3n) is 2.75. The van der Waals surface area contributed by atoms with Gasteiger partial charge in [-0.3, -0.25) is 0 Å². The number of benzene rings is 2. The van der Waals surface area contributed by atoms with Gasteiger partial charge in [-0.2, -0.15) is 0 Å². The zero-order valence-electron chi connectivity index (χ0n) is 10.9. The number of halogens is 1. The van der Waals surface area contributed by atoms with E-state index in [2.05, 4.69) is 15.9 Å². The van der Waals surface area contributed by atoms with Crippen molar-refractivity contribution in [2.75, 3.05) is 7.11 Å². The molecular weight excluding hydrogens is 338 g/mol. The second kappa shape index (κ2) is 6.72. The van der Waals surface area contributed by atoms with Gasteiger partial charge >= 0.3 is 0 Å². The van der Waals surface area contributed by atoms with E-state index < -0.39 is 0 Å². The van der Waals surface area contributed by atoms with Crippen LogP contribution in [0.5, 0.6) is 11.5 Å². The maximum absolute atomic E-state index is 5.81. The fourth-order valence-electron chi connectivity index (χ4n) is 1.79. The second-order valence-corrected chi connectivity index (χ2v) is 5.41. The van der Waals surface area contributed by atoms with Crippen LogP contribution in [0, 0.1) is 0 Å². The van der Waals surface area contributed by atoms with Crippen molar-refractivity contribution in [3.63, 3.8) is 0 Å². The summed E-state index contributed by atoms with van der Waals surface area (Å²) in [6.07, 6.45) is 0. The van der Waals surface area contributed by atoms with E-state index >= 15 is 0 Å². The summed E-state index contributed by atoms with van der Waals surface area (Å²) in [6, 6.07) is 13.3. The summed E-state index contributed by atoms with van der Waals surface area (Å²) in [5.74, 6) is 1.46. The highest BCUT2D eigenvalue weighted by Crippen LogP contribution is 2.27. The molecule has 20 heavy (non-hydrogen) atoms. The normalized spacial score (nSPS) is 10.1. The Morgan fingerprint density at radius 1 is 1.25 bits per heavy atom. The van der Waals surface area contributed by atoms with E-state index in [1.807, 2.05) is 42.5 Å². The minimum Gasteiger partial charge on any atom is -0.497 e. The largest absolute Gasteiger partial charge is 0.497 e. The molecule has 0 aliphatic heterocycles. The molecule has 104 valence electrons. The molecule has 0 saturated heterocycles. The standard InChI is InChI=1S/C15H14BrNO2S/c1-18-11-5-2-4-10(8-11)9-19-13-7-3-6-12(16)14(13)15(17)20/h2-8H,9H2,1H3,(H2,17,20). The Hall–Kier alpha value is -1.59. The molecular formula is C15H14BrNO2S. The smallest absolute Gasteiger partial charge is 0.131 e. The lowest BCUT2D eigenvalue weighted by atomic mass is 10.2. The molecule has 0 atom stereocenters. The molecule has 0 unspecified atom stereocenters. The molecule has 0 aliphatic carbocycles. The SMILES string of the molecule is COc1cccc(COc2cccc(Br)c2C(N)=S)c1. The lowest BCUT2D eigenvalue weighted by Gasteiger charge is -2.12. The third-order valence-corrected chi connectivity index (χ3v) is 3.62. The van der Waals surface area contributed by atoms with Gasteiger partial charge in [0.25, 0.3) is 0 Å². The fraction of sp³-hybridized carbons (Fsp3) is 0.133. The number of nitrogens with two attached hydrogens (primary N) is 1. The van der Waals surface area contributed by atoms with Gasteiger partial charge in [0.2, 0.25) is 0 Å². The Labute approximate surface area is 131 Å². The monoisotopic (exact) mass is 351 g/mol. The molecule has 0 radical (unpaired) electrons. The molecule has 2 N–H and O–H groups in total. The van der Waals surface area contributed by atoms with Crippen molar-refractivity contribution in [3.8, 4) is 11.5 Å². The predicted octanol–water partition coefficient (Wildman–Crippen LogP) is 3.67. The molecule has 2 aromatic carbocycles. The van der Waals surface area contributed by atoms with Crippen molar-refractivity contribution in [2.45, 2.75) is 6.61 Å². The van der Waals surface area contributed by atoms with Crippen LogP contribution in [0.2, 0.25) is 0 Å². The highest BCUT2D eigenvalue weighted by molar-refractivity contribution is 9.10. The number of hydrogen-bond acceptors (Lipinski definition) is 3. The van der Waals surface area contributed by atoms with Gasteiger partial charge in [0, 0.05) is 4.47 Å². The van der Waals surface area contributed by atoms with Crippen LogP contribution in [0.1, 0.15) is 11.1 Å². The van der Waals surface area contributed by atoms with Gasteiger partial charge in [-0.1, -0.05) is 30.4 Å². The zero-order valence-corrected chi connectivity index (χ0v) is 13.3. The van der Waals surface area contributed by atoms with E-state index in [0.29, 0.717) is 22.9 Å². The fourth-order valence-corrected chi connectivity index (χ4v) is 2.69. The first-order chi connectivity index (χ1) is 9.61. The van der Waals surface area contributed by atoms with E-state index in [1.54, 1.807) is 7.11 Å². The lowest BCUT2D eigenvalue weighted by molar-refractivity contribution is 0.304. The van der Waals surface area contributed by atoms with Crippen LogP contribution in [-0.4, -0.2) is 12.1 Å². The first-order valence-corrected chi connectivity index (χ1v) is 7.16. The quantitative estimate of drug-likeness (QED) is 0.834. The van der Waals surface area contributed by atoms with E-state index in [0.717, 1.165) is 15.8 Å². The van der Waals surface area contributed by atoms with E-state index in [-0.39, 0.29) is 0 Å². The van der Waals surface area contributed by atoms with Gasteiger partial charge in [0.05, 0.1) is 12.7 Å². The van der Waals surface area contributed by atoms with Crippen LogP contribution in [0.15, 0.2) is 46.9 Å². The average Bonchev–Trinajstić information content (AvgIpc) is 2.45. The van der Waals surface area contributed by atoms with Crippen LogP contribution < -0.4 is 15.2 Å². The van der Waals surface area contributed by atoms with Crippen molar-refractivity contribution in [1.29, 1.82) is 0 Å². The molecule has 2 rings (SSSR count). The average molecular weight is 352 g/mol. The molecule has 0 saturated carbocycles. The number of rotatable bonds is 5. The minimum atomic E-state index is 0.304. The Balaban J connectivity index is 2.18. The Bertz CT molecular complexity index is 631. The van der Waals surface area contributed by atoms with Crippen molar-refractivity contribution in [3.05, 3.63) is 58.1 Å². The van der Waals surface area contributed by atoms with Crippen LogP contribution >= 0.6 is 28.1 Å². The minimum absolute atomic E-state index is 0.304. The molecule has 0 bridgehead atoms. The van der Waals surface area contributed by atoms with Crippen molar-refractivity contribution in [1.82, 2.24) is 0 Å². The highest BCUT2D eigenvalue weighted by Gasteiger charge is 2.10. The molecule has 0 spiro atoms. The number of ether oxygens (including phenoxy) is 2. The van der Waals surface area contributed by atoms with E-state index in [1.165, 1.54) is 0 Å². The summed E-state index contributed by atoms with van der Waals surface area (Å²) >= 11 is 8.48. The van der Waals surface area contributed by atoms with E-state index in [4.69, 9.17) is 27.4 Å². The van der Waals surface area contributed by atoms with Gasteiger partial charge in [-0.25, -0.2) is 0 Å². The lowest BCUT2D eigenvalue weighted by Crippen LogP contribution is -2.12. The molecule has 2 aromatic rings. The van der Waals surface area contributed by atoms with Gasteiger partial charge in [-0.15, -0.1) is 0 Å². The summed E-state index contributed by atoms with van der Waals surface area (Å²) in [4.78, 5) is 0.304. The predicted molar refractivity (Wildman–Crippen MR) is 87.4 cm³/mol. The Morgan fingerprint density at radius 2 is 2.00 bits per heavy atom. The maximum atomic E-state index is 5.81. The number of methoxy groups -OCH3 is 1. The summed E-state index contributed by atoms with van der Waals surface area (Å²) in [7, 11) is 1.64. The van der Waals surface area contributed by atoms with Crippen LogP contribution in [0.4, 0.5) is 0 Å². The number of thiocarbonyl (C=S) groups is 1. The summed E-state index contributed by atoms with van der Waals surface area (Å²) in [5.41, 5.74) is 7.46. The molecule has 0 fully saturated rings. The molecule has 0 heterocycles. The second-order valence-electron chi connectivity index (χ2n) is 4.12. The van der Waals surface area contributed by atoms with Gasteiger partial charge in [0.15, 0.2) is 0 Å². The molecule has 5 heteroatoms. The first kappa shape index (κ1) is 14.8. The molecule has 0 amide bonds. The van der Waals surface area contributed by atoms with Gasteiger partial charge in [-0.05, 0) is 45.8 Å². The van der Waals surface area contributed by atoms with Gasteiger partial charge < -0.3 is 15.2 Å². The van der Waals surface area contributed by atoms with Crippen molar-refractivity contribution < 1.29 is 9.47 Å². The molecule has 3 nitrogen and oxygen atoms in total. The van der Waals surface area contributed by atoms with Crippen molar-refractivity contribution >= 4 is 33.1 Å². The maximum Gasteiger partial charge on any atom is 0.131 e. The first-order valence-electron chi connectivity index (χ1n) is 5.96. The van der Waals surface area contributed by atoms with Crippen LogP contribution in [0.25, 0.3) is 0 Å². The van der Waals surface area contributed by atoms with E-state index in [9.17, 15) is 0 Å². The summed E-state index contributed by atoms with van der Waals surface area (Å²) < 4.78 is 11.8. The Kier molecular flexibility index (Phi) is 4.98. The van der Waals surface area contributed by atoms with Crippen LogP contribution in [-0.2, 0) is 6.61 Å².